The van der Waals surface area contributed by atoms with Gasteiger partial charge in [0.25, 0.3) is 0 Å². The second-order valence-electron chi connectivity index (χ2n) is 4.61. The van der Waals surface area contributed by atoms with E-state index in [9.17, 15) is 0 Å². The molecular weight excluding hydrogens is 200 g/mol. The highest BCUT2D eigenvalue weighted by molar-refractivity contribution is 4.58. The normalized spacial score (nSPS) is 13.7. The molecule has 0 heterocycles. The summed E-state index contributed by atoms with van der Waals surface area (Å²) in [6.45, 7) is 16.1. The molecule has 0 aromatic carbocycles. The molecule has 0 radical (unpaired) electrons. The maximum absolute atomic E-state index is 5.78. The average molecular weight is 230 g/mol. The maximum atomic E-state index is 5.78. The van der Waals surface area contributed by atoms with Crippen LogP contribution in [0.5, 0.6) is 0 Å². The summed E-state index contributed by atoms with van der Waals surface area (Å²) in [7, 11) is 0. The smallest absolute Gasteiger partial charge is 0.0597 e. The third-order valence-corrected chi connectivity index (χ3v) is 2.81. The molecule has 3 nitrogen and oxygen atoms in total. The van der Waals surface area contributed by atoms with E-state index in [0.717, 1.165) is 39.2 Å². The van der Waals surface area contributed by atoms with Gasteiger partial charge in [0.15, 0.2) is 0 Å². The van der Waals surface area contributed by atoms with Gasteiger partial charge in [0.2, 0.25) is 0 Å². The Labute approximate surface area is 102 Å². The van der Waals surface area contributed by atoms with Crippen LogP contribution in [0.4, 0.5) is 0 Å². The lowest BCUT2D eigenvalue weighted by atomic mass is 10.2. The zero-order valence-electron chi connectivity index (χ0n) is 11.8. The summed E-state index contributed by atoms with van der Waals surface area (Å²) in [5.41, 5.74) is 0. The Morgan fingerprint density at radius 1 is 1.12 bits per heavy atom. The van der Waals surface area contributed by atoms with E-state index in [4.69, 9.17) is 4.74 Å². The van der Waals surface area contributed by atoms with Crippen molar-refractivity contribution in [1.29, 1.82) is 0 Å². The minimum absolute atomic E-state index is 0.363. The van der Waals surface area contributed by atoms with E-state index < -0.39 is 0 Å². The highest BCUT2D eigenvalue weighted by atomic mass is 16.5. The molecule has 1 N–H and O–H groups in total. The predicted octanol–water partition coefficient (Wildman–Crippen LogP) is 2.12. The monoisotopic (exact) mass is 230 g/mol. The molecule has 1 unspecified atom stereocenters. The summed E-state index contributed by atoms with van der Waals surface area (Å²) < 4.78 is 5.78. The Bertz CT molecular complexity index is 147. The quantitative estimate of drug-likeness (QED) is 0.622. The fourth-order valence-corrected chi connectivity index (χ4v) is 1.58. The van der Waals surface area contributed by atoms with Gasteiger partial charge in [0, 0.05) is 12.6 Å². The van der Waals surface area contributed by atoms with Crippen molar-refractivity contribution in [3.63, 3.8) is 0 Å². The lowest BCUT2D eigenvalue weighted by molar-refractivity contribution is 0.0451. The zero-order chi connectivity index (χ0) is 12.4. The topological polar surface area (TPSA) is 24.5 Å². The van der Waals surface area contributed by atoms with E-state index in [-0.39, 0.29) is 0 Å². The molecule has 0 spiro atoms. The van der Waals surface area contributed by atoms with Gasteiger partial charge in [-0.3, -0.25) is 0 Å². The van der Waals surface area contributed by atoms with E-state index in [0.29, 0.717) is 12.1 Å². The van der Waals surface area contributed by atoms with Crippen LogP contribution in [-0.4, -0.2) is 49.8 Å². The summed E-state index contributed by atoms with van der Waals surface area (Å²) in [6.07, 6.45) is 1.46. The molecule has 0 amide bonds. The number of likely N-dealkylation sites (N-methyl/N-ethyl adjacent to an activating group) is 1. The minimum Gasteiger partial charge on any atom is -0.377 e. The summed E-state index contributed by atoms with van der Waals surface area (Å²) >= 11 is 0. The molecule has 0 bridgehead atoms. The maximum Gasteiger partial charge on any atom is 0.0597 e. The van der Waals surface area contributed by atoms with Gasteiger partial charge in [0.05, 0.1) is 12.7 Å². The summed E-state index contributed by atoms with van der Waals surface area (Å²) in [6, 6.07) is 0.572. The lowest BCUT2D eigenvalue weighted by Gasteiger charge is -2.20. The highest BCUT2D eigenvalue weighted by Gasteiger charge is 2.04. The molecule has 98 valence electrons. The van der Waals surface area contributed by atoms with Gasteiger partial charge in [0.1, 0.15) is 0 Å². The van der Waals surface area contributed by atoms with Crippen LogP contribution in [0.3, 0.4) is 0 Å². The lowest BCUT2D eigenvalue weighted by Crippen LogP contribution is -2.30. The van der Waals surface area contributed by atoms with Crippen LogP contribution in [0.2, 0.25) is 0 Å². The molecule has 0 aliphatic carbocycles. The van der Waals surface area contributed by atoms with Crippen molar-refractivity contribution >= 4 is 0 Å². The molecule has 0 fully saturated rings. The van der Waals surface area contributed by atoms with Crippen molar-refractivity contribution in [3.8, 4) is 0 Å². The number of ether oxygens (including phenoxy) is 1. The highest BCUT2D eigenvalue weighted by Crippen LogP contribution is 1.97. The Morgan fingerprint density at radius 2 is 1.75 bits per heavy atom. The fourth-order valence-electron chi connectivity index (χ4n) is 1.58. The summed E-state index contributed by atoms with van der Waals surface area (Å²) in [5, 5.41) is 3.41. The van der Waals surface area contributed by atoms with Gasteiger partial charge in [-0.1, -0.05) is 27.7 Å². The van der Waals surface area contributed by atoms with Crippen LogP contribution < -0.4 is 5.32 Å². The first-order valence-electron chi connectivity index (χ1n) is 6.67. The predicted molar refractivity (Wildman–Crippen MR) is 71.0 cm³/mol. The number of rotatable bonds is 10. The summed E-state index contributed by atoms with van der Waals surface area (Å²) in [5.74, 6) is 0. The SMILES string of the molecule is CCN(CC)CCOC(C)CCNC(C)C. The second kappa shape index (κ2) is 10.1. The van der Waals surface area contributed by atoms with Gasteiger partial charge in [-0.15, -0.1) is 0 Å². The third-order valence-electron chi connectivity index (χ3n) is 2.81. The number of hydrogen-bond acceptors (Lipinski definition) is 3. The van der Waals surface area contributed by atoms with Gasteiger partial charge in [-0.2, -0.15) is 0 Å². The first-order chi connectivity index (χ1) is 7.60. The van der Waals surface area contributed by atoms with Crippen molar-refractivity contribution < 1.29 is 4.74 Å². The molecule has 0 aliphatic heterocycles. The van der Waals surface area contributed by atoms with Crippen molar-refractivity contribution in [2.45, 2.75) is 53.2 Å². The van der Waals surface area contributed by atoms with E-state index in [1.807, 2.05) is 0 Å². The Hall–Kier alpha value is -0.120. The van der Waals surface area contributed by atoms with Gasteiger partial charge in [-0.05, 0) is 33.0 Å². The molecular formula is C13H30N2O. The van der Waals surface area contributed by atoms with Crippen molar-refractivity contribution in [3.05, 3.63) is 0 Å². The van der Waals surface area contributed by atoms with E-state index in [2.05, 4.69) is 44.8 Å². The van der Waals surface area contributed by atoms with E-state index >= 15 is 0 Å². The first kappa shape index (κ1) is 15.9. The van der Waals surface area contributed by atoms with Crippen LogP contribution >= 0.6 is 0 Å². The second-order valence-corrected chi connectivity index (χ2v) is 4.61. The van der Waals surface area contributed by atoms with Crippen LogP contribution in [-0.2, 0) is 4.74 Å². The molecule has 0 aromatic rings. The molecule has 16 heavy (non-hydrogen) atoms. The zero-order valence-corrected chi connectivity index (χ0v) is 11.8. The molecule has 0 rings (SSSR count). The number of nitrogens with one attached hydrogen (secondary N) is 1. The molecule has 0 aromatic heterocycles. The standard InChI is InChI=1S/C13H30N2O/c1-6-15(7-2)10-11-16-13(5)8-9-14-12(3)4/h12-14H,6-11H2,1-5H3. The minimum atomic E-state index is 0.363. The average Bonchev–Trinajstić information content (AvgIpc) is 2.24. The third kappa shape index (κ3) is 9.13. The van der Waals surface area contributed by atoms with Crippen LogP contribution in [0.25, 0.3) is 0 Å². The van der Waals surface area contributed by atoms with Crippen LogP contribution in [0.15, 0.2) is 0 Å². The van der Waals surface area contributed by atoms with E-state index in [1.54, 1.807) is 0 Å². The van der Waals surface area contributed by atoms with Crippen LogP contribution in [0, 0.1) is 0 Å². The number of nitrogens with zero attached hydrogens (tertiary/aromatic N) is 1. The Balaban J connectivity index is 3.39. The molecule has 1 atom stereocenters. The van der Waals surface area contributed by atoms with Gasteiger partial charge >= 0.3 is 0 Å². The molecule has 0 saturated carbocycles. The van der Waals surface area contributed by atoms with Gasteiger partial charge < -0.3 is 15.0 Å². The van der Waals surface area contributed by atoms with E-state index in [1.165, 1.54) is 0 Å². The van der Waals surface area contributed by atoms with Crippen molar-refractivity contribution in [2.75, 3.05) is 32.8 Å². The Kier molecular flexibility index (Phi) is 9.99. The number of hydrogen-bond donors (Lipinski definition) is 1. The van der Waals surface area contributed by atoms with Gasteiger partial charge in [-0.25, -0.2) is 0 Å². The largest absolute Gasteiger partial charge is 0.377 e. The fraction of sp³-hybridized carbons (Fsp3) is 1.00. The van der Waals surface area contributed by atoms with Crippen molar-refractivity contribution in [2.24, 2.45) is 0 Å². The van der Waals surface area contributed by atoms with Crippen LogP contribution in [0.1, 0.15) is 41.0 Å². The van der Waals surface area contributed by atoms with Crippen molar-refractivity contribution in [1.82, 2.24) is 10.2 Å². The molecule has 0 aliphatic rings. The molecule has 0 saturated heterocycles. The first-order valence-corrected chi connectivity index (χ1v) is 6.67. The summed E-state index contributed by atoms with van der Waals surface area (Å²) in [4.78, 5) is 2.39. The molecule has 3 heteroatoms. The Morgan fingerprint density at radius 3 is 2.25 bits per heavy atom.